The third-order valence-corrected chi connectivity index (χ3v) is 6.93. The summed E-state index contributed by atoms with van der Waals surface area (Å²) in [6, 6.07) is 9.32. The minimum Gasteiger partial charge on any atom is -0.495 e. The Hall–Kier alpha value is -2.58. The normalized spacial score (nSPS) is 18.3. The lowest BCUT2D eigenvalue weighted by molar-refractivity contribution is -0.113. The van der Waals surface area contributed by atoms with E-state index in [9.17, 15) is 4.79 Å². The Morgan fingerprint density at radius 1 is 1.28 bits per heavy atom. The van der Waals surface area contributed by atoms with Crippen molar-refractivity contribution < 1.29 is 9.53 Å². The van der Waals surface area contributed by atoms with Gasteiger partial charge in [0.05, 0.1) is 18.6 Å². The average Bonchev–Trinajstić information content (AvgIpc) is 3.22. The van der Waals surface area contributed by atoms with Crippen molar-refractivity contribution in [2.45, 2.75) is 43.8 Å². The van der Waals surface area contributed by atoms with Crippen molar-refractivity contribution in [2.24, 2.45) is 5.92 Å². The molecule has 1 fully saturated rings. The fourth-order valence-corrected chi connectivity index (χ4v) is 5.10. The highest BCUT2D eigenvalue weighted by Crippen LogP contribution is 2.39. The number of amides is 1. The van der Waals surface area contributed by atoms with Gasteiger partial charge in [0.2, 0.25) is 5.91 Å². The molecule has 3 aromatic rings. The van der Waals surface area contributed by atoms with Gasteiger partial charge < -0.3 is 10.1 Å². The summed E-state index contributed by atoms with van der Waals surface area (Å²) in [4.78, 5) is 16.9. The topological polar surface area (TPSA) is 81.9 Å². The molecule has 1 aliphatic carbocycles. The Morgan fingerprint density at radius 2 is 2.12 bits per heavy atom. The molecule has 1 amide bonds. The number of aromatic nitrogens is 4. The largest absolute Gasteiger partial charge is 0.495 e. The number of methoxy groups -OCH3 is 1. The Labute approximate surface area is 196 Å². The number of pyridine rings is 1. The van der Waals surface area contributed by atoms with E-state index in [2.05, 4.69) is 32.0 Å². The standard InChI is InChI=1S/C23H26ClN5O2S/c1-15-6-3-4-8-19(15)29-22(16-7-5-11-25-13-16)27-28-23(29)32-14-21(30)26-18-12-17(24)9-10-20(18)31-2/h5,7,9-13,15,19H,3-4,6,8,14H2,1-2H3,(H,26,30)/t15-,19+/m0/s1. The minimum absolute atomic E-state index is 0.162. The zero-order valence-corrected chi connectivity index (χ0v) is 19.7. The van der Waals surface area contributed by atoms with Gasteiger partial charge in [-0.2, -0.15) is 0 Å². The average molecular weight is 472 g/mol. The van der Waals surface area contributed by atoms with E-state index < -0.39 is 0 Å². The van der Waals surface area contributed by atoms with E-state index in [4.69, 9.17) is 16.3 Å². The minimum atomic E-state index is -0.162. The molecule has 1 N–H and O–H groups in total. The first kappa shape index (κ1) is 22.6. The van der Waals surface area contributed by atoms with Crippen molar-refractivity contribution in [3.05, 3.63) is 47.7 Å². The number of carbonyl (C=O) groups excluding carboxylic acids is 1. The van der Waals surface area contributed by atoms with Crippen LogP contribution in [-0.2, 0) is 4.79 Å². The number of rotatable bonds is 7. The molecule has 168 valence electrons. The fraction of sp³-hybridized carbons (Fsp3) is 0.391. The molecule has 0 aliphatic heterocycles. The van der Waals surface area contributed by atoms with Gasteiger partial charge >= 0.3 is 0 Å². The second-order valence-electron chi connectivity index (χ2n) is 7.93. The Bertz CT molecular complexity index is 1080. The summed E-state index contributed by atoms with van der Waals surface area (Å²) in [6.07, 6.45) is 8.23. The van der Waals surface area contributed by atoms with Crippen LogP contribution >= 0.6 is 23.4 Å². The van der Waals surface area contributed by atoms with E-state index in [0.29, 0.717) is 28.4 Å². The number of hydrogen-bond acceptors (Lipinski definition) is 6. The monoisotopic (exact) mass is 471 g/mol. The second-order valence-corrected chi connectivity index (χ2v) is 9.31. The molecule has 0 bridgehead atoms. The molecule has 0 spiro atoms. The predicted molar refractivity (Wildman–Crippen MR) is 127 cm³/mol. The molecule has 2 heterocycles. The van der Waals surface area contributed by atoms with Crippen LogP contribution in [0.25, 0.3) is 11.4 Å². The lowest BCUT2D eigenvalue weighted by Crippen LogP contribution is -2.23. The lowest BCUT2D eigenvalue weighted by Gasteiger charge is -2.31. The molecular weight excluding hydrogens is 446 g/mol. The summed E-state index contributed by atoms with van der Waals surface area (Å²) in [6.45, 7) is 2.28. The van der Waals surface area contributed by atoms with Gasteiger partial charge in [-0.25, -0.2) is 0 Å². The van der Waals surface area contributed by atoms with E-state index in [1.54, 1.807) is 37.7 Å². The SMILES string of the molecule is COc1ccc(Cl)cc1NC(=O)CSc1nnc(-c2cccnc2)n1[C@@H]1CCCC[C@@H]1C. The number of thioether (sulfide) groups is 1. The third-order valence-electron chi connectivity index (χ3n) is 5.75. The summed E-state index contributed by atoms with van der Waals surface area (Å²) in [5.41, 5.74) is 1.47. The highest BCUT2D eigenvalue weighted by atomic mass is 35.5. The number of nitrogens with one attached hydrogen (secondary N) is 1. The van der Waals surface area contributed by atoms with Crippen LogP contribution in [0.1, 0.15) is 38.6 Å². The summed E-state index contributed by atoms with van der Waals surface area (Å²) in [5, 5.41) is 13.1. The number of carbonyl (C=O) groups is 1. The molecule has 0 saturated heterocycles. The van der Waals surface area contributed by atoms with Gasteiger partial charge in [0.25, 0.3) is 0 Å². The van der Waals surface area contributed by atoms with Gasteiger partial charge in [0, 0.05) is 29.0 Å². The number of hydrogen-bond donors (Lipinski definition) is 1. The molecule has 4 rings (SSSR count). The van der Waals surface area contributed by atoms with Crippen molar-refractivity contribution in [1.82, 2.24) is 19.7 Å². The van der Waals surface area contributed by atoms with E-state index in [-0.39, 0.29) is 11.7 Å². The van der Waals surface area contributed by atoms with Crippen LogP contribution in [0.5, 0.6) is 5.75 Å². The number of ether oxygens (including phenoxy) is 1. The van der Waals surface area contributed by atoms with E-state index in [0.717, 1.165) is 23.0 Å². The van der Waals surface area contributed by atoms with Gasteiger partial charge in [0.15, 0.2) is 11.0 Å². The van der Waals surface area contributed by atoms with Crippen LogP contribution in [0.15, 0.2) is 47.9 Å². The van der Waals surface area contributed by atoms with Crippen LogP contribution in [0.2, 0.25) is 5.02 Å². The van der Waals surface area contributed by atoms with Crippen LogP contribution in [0, 0.1) is 5.92 Å². The van der Waals surface area contributed by atoms with Gasteiger partial charge in [-0.1, -0.05) is 43.1 Å². The summed E-state index contributed by atoms with van der Waals surface area (Å²) in [5.74, 6) is 1.91. The van der Waals surface area contributed by atoms with Crippen molar-refractivity contribution >= 4 is 35.0 Å². The smallest absolute Gasteiger partial charge is 0.234 e. The Morgan fingerprint density at radius 3 is 2.88 bits per heavy atom. The van der Waals surface area contributed by atoms with Crippen LogP contribution in [0.4, 0.5) is 5.69 Å². The van der Waals surface area contributed by atoms with Gasteiger partial charge in [-0.05, 0) is 49.1 Å². The summed E-state index contributed by atoms with van der Waals surface area (Å²) in [7, 11) is 1.56. The van der Waals surface area contributed by atoms with Crippen LogP contribution in [0.3, 0.4) is 0 Å². The first-order valence-electron chi connectivity index (χ1n) is 10.7. The first-order chi connectivity index (χ1) is 15.6. The molecule has 7 nitrogen and oxygen atoms in total. The highest BCUT2D eigenvalue weighted by Gasteiger charge is 2.29. The fourth-order valence-electron chi connectivity index (χ4n) is 4.14. The number of anilines is 1. The molecule has 1 aromatic carbocycles. The van der Waals surface area contributed by atoms with Crippen molar-refractivity contribution in [3.63, 3.8) is 0 Å². The van der Waals surface area contributed by atoms with E-state index in [1.165, 1.54) is 31.0 Å². The van der Waals surface area contributed by atoms with Crippen molar-refractivity contribution in [3.8, 4) is 17.1 Å². The summed E-state index contributed by atoms with van der Waals surface area (Å²) < 4.78 is 7.52. The summed E-state index contributed by atoms with van der Waals surface area (Å²) >= 11 is 7.46. The van der Waals surface area contributed by atoms with Gasteiger partial charge in [0.1, 0.15) is 5.75 Å². The molecule has 2 atom stereocenters. The van der Waals surface area contributed by atoms with Crippen molar-refractivity contribution in [1.29, 1.82) is 0 Å². The van der Waals surface area contributed by atoms with Crippen LogP contribution < -0.4 is 10.1 Å². The number of nitrogens with zero attached hydrogens (tertiary/aromatic N) is 4. The van der Waals surface area contributed by atoms with Gasteiger partial charge in [-0.3, -0.25) is 14.3 Å². The van der Waals surface area contributed by atoms with E-state index in [1.807, 2.05) is 12.1 Å². The maximum absolute atomic E-state index is 12.7. The second kappa shape index (κ2) is 10.4. The molecule has 1 saturated carbocycles. The molecule has 0 unspecified atom stereocenters. The maximum atomic E-state index is 12.7. The molecular formula is C23H26ClN5O2S. The third kappa shape index (κ3) is 5.07. The Kier molecular flexibility index (Phi) is 7.32. The lowest BCUT2D eigenvalue weighted by atomic mass is 9.85. The molecule has 1 aliphatic rings. The van der Waals surface area contributed by atoms with E-state index >= 15 is 0 Å². The quantitative estimate of drug-likeness (QED) is 0.459. The number of benzene rings is 1. The maximum Gasteiger partial charge on any atom is 0.234 e. The molecule has 32 heavy (non-hydrogen) atoms. The first-order valence-corrected chi connectivity index (χ1v) is 12.0. The predicted octanol–water partition coefficient (Wildman–Crippen LogP) is 5.48. The molecule has 0 radical (unpaired) electrons. The molecule has 2 aromatic heterocycles. The van der Waals surface area contributed by atoms with Gasteiger partial charge in [-0.15, -0.1) is 10.2 Å². The zero-order chi connectivity index (χ0) is 22.5. The zero-order valence-electron chi connectivity index (χ0n) is 18.1. The van der Waals surface area contributed by atoms with Crippen molar-refractivity contribution in [2.75, 3.05) is 18.2 Å². The Balaban J connectivity index is 1.55. The molecule has 9 heteroatoms. The number of halogens is 1. The highest BCUT2D eigenvalue weighted by molar-refractivity contribution is 7.99. The van der Waals surface area contributed by atoms with Crippen LogP contribution in [-0.4, -0.2) is 38.5 Å².